The first-order chi connectivity index (χ1) is 9.90. The molecule has 0 radical (unpaired) electrons. The highest BCUT2D eigenvalue weighted by molar-refractivity contribution is 5.38. The van der Waals surface area contributed by atoms with E-state index >= 15 is 0 Å². The van der Waals surface area contributed by atoms with Gasteiger partial charge in [0.25, 0.3) is 0 Å². The van der Waals surface area contributed by atoms with E-state index in [1.165, 1.54) is 11.1 Å². The average Bonchev–Trinajstić information content (AvgIpc) is 2.66. The van der Waals surface area contributed by atoms with Crippen molar-refractivity contribution in [3.8, 4) is 5.82 Å². The molecule has 0 unspecified atom stereocenters. The van der Waals surface area contributed by atoms with Gasteiger partial charge < -0.3 is 5.32 Å². The lowest BCUT2D eigenvalue weighted by Gasteiger charge is -2.11. The number of rotatable bonds is 5. The van der Waals surface area contributed by atoms with Gasteiger partial charge in [0.2, 0.25) is 0 Å². The Balaban J connectivity index is 2.21. The molecule has 0 aromatic carbocycles. The Bertz CT molecular complexity index is 626. The van der Waals surface area contributed by atoms with Crippen molar-refractivity contribution >= 4 is 0 Å². The molecule has 114 valence electrons. The third kappa shape index (κ3) is 3.50. The van der Waals surface area contributed by atoms with Crippen molar-refractivity contribution in [3.05, 3.63) is 40.3 Å². The van der Waals surface area contributed by atoms with Crippen LogP contribution < -0.4 is 5.32 Å². The molecule has 0 amide bonds. The van der Waals surface area contributed by atoms with Gasteiger partial charge in [-0.3, -0.25) is 0 Å². The first-order valence-corrected chi connectivity index (χ1v) is 7.59. The second kappa shape index (κ2) is 6.39. The van der Waals surface area contributed by atoms with Crippen LogP contribution in [0.5, 0.6) is 0 Å². The minimum Gasteiger partial charge on any atom is -0.312 e. The first-order valence-electron chi connectivity index (χ1n) is 7.59. The van der Waals surface area contributed by atoms with Crippen LogP contribution in [0, 0.1) is 33.6 Å². The molecule has 0 atom stereocenters. The van der Waals surface area contributed by atoms with E-state index in [9.17, 15) is 0 Å². The van der Waals surface area contributed by atoms with E-state index in [0.29, 0.717) is 5.92 Å². The second-order valence-electron chi connectivity index (χ2n) is 6.22. The second-order valence-corrected chi connectivity index (χ2v) is 6.22. The maximum absolute atomic E-state index is 4.62. The number of aromatic nitrogens is 3. The Morgan fingerprint density at radius 1 is 1.19 bits per heavy atom. The summed E-state index contributed by atoms with van der Waals surface area (Å²) in [4.78, 5) is 4.62. The molecule has 1 N–H and O–H groups in total. The molecule has 2 aromatic heterocycles. The number of nitrogens with zero attached hydrogens (tertiary/aromatic N) is 3. The van der Waals surface area contributed by atoms with Gasteiger partial charge in [-0.1, -0.05) is 13.8 Å². The molecule has 0 aliphatic rings. The van der Waals surface area contributed by atoms with Crippen LogP contribution in [0.2, 0.25) is 0 Å². The zero-order valence-electron chi connectivity index (χ0n) is 14.0. The van der Waals surface area contributed by atoms with Gasteiger partial charge in [-0.15, -0.1) is 0 Å². The molecule has 2 rings (SSSR count). The van der Waals surface area contributed by atoms with Gasteiger partial charge in [0.05, 0.1) is 5.69 Å². The maximum Gasteiger partial charge on any atom is 0.156 e. The van der Waals surface area contributed by atoms with Gasteiger partial charge in [-0.05, 0) is 62.9 Å². The average molecular weight is 286 g/mol. The van der Waals surface area contributed by atoms with Gasteiger partial charge in [-0.25, -0.2) is 9.67 Å². The summed E-state index contributed by atoms with van der Waals surface area (Å²) in [5, 5.41) is 8.04. The summed E-state index contributed by atoms with van der Waals surface area (Å²) < 4.78 is 1.95. The molecule has 0 spiro atoms. The molecule has 0 bridgehead atoms. The maximum atomic E-state index is 4.62. The van der Waals surface area contributed by atoms with Crippen molar-refractivity contribution in [1.29, 1.82) is 0 Å². The van der Waals surface area contributed by atoms with Crippen LogP contribution >= 0.6 is 0 Å². The number of hydrogen-bond acceptors (Lipinski definition) is 3. The fraction of sp³-hybridized carbons (Fsp3) is 0.529. The van der Waals surface area contributed by atoms with Crippen molar-refractivity contribution in [2.75, 3.05) is 6.54 Å². The fourth-order valence-corrected chi connectivity index (χ4v) is 2.38. The van der Waals surface area contributed by atoms with E-state index in [4.69, 9.17) is 0 Å². The van der Waals surface area contributed by atoms with Crippen molar-refractivity contribution in [3.63, 3.8) is 0 Å². The first kappa shape index (κ1) is 15.7. The summed E-state index contributed by atoms with van der Waals surface area (Å²) in [5.41, 5.74) is 5.84. The van der Waals surface area contributed by atoms with Gasteiger partial charge >= 0.3 is 0 Å². The van der Waals surface area contributed by atoms with E-state index < -0.39 is 0 Å². The summed E-state index contributed by atoms with van der Waals surface area (Å²) in [7, 11) is 0. The van der Waals surface area contributed by atoms with Crippen molar-refractivity contribution in [1.82, 2.24) is 20.1 Å². The van der Waals surface area contributed by atoms with Gasteiger partial charge in [0.15, 0.2) is 5.82 Å². The van der Waals surface area contributed by atoms with Crippen LogP contribution in [0.3, 0.4) is 0 Å². The number of hydrogen-bond donors (Lipinski definition) is 1. The minimum atomic E-state index is 0.663. The Labute approximate surface area is 127 Å². The fourth-order valence-electron chi connectivity index (χ4n) is 2.38. The van der Waals surface area contributed by atoms with Crippen LogP contribution in [-0.2, 0) is 6.54 Å². The SMILES string of the molecule is Cc1cc(CNCC(C)C)cnc1-n1nc(C)c(C)c1C. The lowest BCUT2D eigenvalue weighted by atomic mass is 10.2. The van der Waals surface area contributed by atoms with Crippen molar-refractivity contribution < 1.29 is 0 Å². The zero-order valence-corrected chi connectivity index (χ0v) is 14.0. The predicted octanol–water partition coefficient (Wildman–Crippen LogP) is 3.25. The summed E-state index contributed by atoms with van der Waals surface area (Å²) in [6.45, 7) is 14.6. The largest absolute Gasteiger partial charge is 0.312 e. The molecule has 0 saturated carbocycles. The molecule has 21 heavy (non-hydrogen) atoms. The van der Waals surface area contributed by atoms with Crippen LogP contribution in [0.4, 0.5) is 0 Å². The Kier molecular flexibility index (Phi) is 4.78. The minimum absolute atomic E-state index is 0.663. The Morgan fingerprint density at radius 2 is 1.90 bits per heavy atom. The molecule has 0 fully saturated rings. The highest BCUT2D eigenvalue weighted by atomic mass is 15.3. The van der Waals surface area contributed by atoms with Crippen LogP contribution in [-0.4, -0.2) is 21.3 Å². The smallest absolute Gasteiger partial charge is 0.156 e. The van der Waals surface area contributed by atoms with Crippen molar-refractivity contribution in [2.45, 2.75) is 48.1 Å². The monoisotopic (exact) mass is 286 g/mol. The molecule has 0 aliphatic heterocycles. The predicted molar refractivity (Wildman–Crippen MR) is 86.9 cm³/mol. The summed E-state index contributed by atoms with van der Waals surface area (Å²) in [5.74, 6) is 1.59. The number of nitrogens with one attached hydrogen (secondary N) is 1. The topological polar surface area (TPSA) is 42.7 Å². The summed E-state index contributed by atoms with van der Waals surface area (Å²) in [6, 6.07) is 2.20. The van der Waals surface area contributed by atoms with Gasteiger partial charge in [0, 0.05) is 18.4 Å². The number of pyridine rings is 1. The molecule has 2 aromatic rings. The Hall–Kier alpha value is -1.68. The van der Waals surface area contributed by atoms with Crippen molar-refractivity contribution in [2.24, 2.45) is 5.92 Å². The van der Waals surface area contributed by atoms with E-state index in [1.807, 2.05) is 17.8 Å². The lowest BCUT2D eigenvalue weighted by molar-refractivity contribution is 0.551. The van der Waals surface area contributed by atoms with E-state index in [-0.39, 0.29) is 0 Å². The molecule has 2 heterocycles. The van der Waals surface area contributed by atoms with E-state index in [0.717, 1.165) is 35.9 Å². The van der Waals surface area contributed by atoms with Gasteiger partial charge in [-0.2, -0.15) is 5.10 Å². The van der Waals surface area contributed by atoms with Crippen LogP contribution in [0.15, 0.2) is 12.3 Å². The molecule has 0 saturated heterocycles. The molecule has 0 aliphatic carbocycles. The molecular formula is C17H26N4. The molecule has 4 nitrogen and oxygen atoms in total. The Morgan fingerprint density at radius 3 is 2.43 bits per heavy atom. The summed E-state index contributed by atoms with van der Waals surface area (Å²) >= 11 is 0. The standard InChI is InChI=1S/C17H26N4/c1-11(2)8-18-9-16-7-12(3)17(19-10-16)21-15(6)13(4)14(5)20-21/h7,10-11,18H,8-9H2,1-6H3. The third-order valence-corrected chi connectivity index (χ3v) is 3.84. The normalized spacial score (nSPS) is 11.4. The van der Waals surface area contributed by atoms with E-state index in [1.54, 1.807) is 0 Å². The van der Waals surface area contributed by atoms with E-state index in [2.05, 4.69) is 56.1 Å². The highest BCUT2D eigenvalue weighted by Crippen LogP contribution is 2.18. The van der Waals surface area contributed by atoms with Crippen LogP contribution in [0.25, 0.3) is 5.82 Å². The molecule has 4 heteroatoms. The van der Waals surface area contributed by atoms with Crippen LogP contribution in [0.1, 0.15) is 41.9 Å². The number of aryl methyl sites for hydroxylation is 2. The highest BCUT2D eigenvalue weighted by Gasteiger charge is 2.12. The van der Waals surface area contributed by atoms with Gasteiger partial charge in [0.1, 0.15) is 0 Å². The lowest BCUT2D eigenvalue weighted by Crippen LogP contribution is -2.19. The zero-order chi connectivity index (χ0) is 15.6. The quantitative estimate of drug-likeness (QED) is 0.917. The summed E-state index contributed by atoms with van der Waals surface area (Å²) in [6.07, 6.45) is 1.95. The third-order valence-electron chi connectivity index (χ3n) is 3.84. The molecular weight excluding hydrogens is 260 g/mol.